The standard InChI is InChI=1S/C20H27N3O3/c24-18(15-3-1-2-4-15)22-11-7-20(26)8-12-23(14-17(20)13-22)19(25)16-5-9-21-10-6-16/h5-6,9-10,15,17,26H,1-4,7-8,11-14H2/t17-,20-/m0/s1. The molecule has 0 radical (unpaired) electrons. The highest BCUT2D eigenvalue weighted by Crippen LogP contribution is 2.37. The predicted octanol–water partition coefficient (Wildman–Crippen LogP) is 1.70. The minimum absolute atomic E-state index is 0.0197. The van der Waals surface area contributed by atoms with E-state index in [-0.39, 0.29) is 23.7 Å². The number of carbonyl (C=O) groups excluding carboxylic acids is 2. The molecule has 2 saturated heterocycles. The molecule has 3 fully saturated rings. The second-order valence-electron chi connectivity index (χ2n) is 8.05. The average molecular weight is 357 g/mol. The van der Waals surface area contributed by atoms with E-state index >= 15 is 0 Å². The molecule has 2 aliphatic heterocycles. The molecule has 6 heteroatoms. The third kappa shape index (κ3) is 3.22. The number of hydrogen-bond donors (Lipinski definition) is 1. The van der Waals surface area contributed by atoms with Gasteiger partial charge in [-0.15, -0.1) is 0 Å². The fraction of sp³-hybridized carbons (Fsp3) is 0.650. The Bertz CT molecular complexity index is 674. The molecule has 2 amide bonds. The number of piperidine rings is 2. The summed E-state index contributed by atoms with van der Waals surface area (Å²) in [6.45, 7) is 2.27. The molecule has 26 heavy (non-hydrogen) atoms. The summed E-state index contributed by atoms with van der Waals surface area (Å²) in [5, 5.41) is 11.0. The van der Waals surface area contributed by atoms with Crippen molar-refractivity contribution in [3.63, 3.8) is 0 Å². The quantitative estimate of drug-likeness (QED) is 0.874. The van der Waals surface area contributed by atoms with Gasteiger partial charge in [0.05, 0.1) is 5.60 Å². The van der Waals surface area contributed by atoms with Crippen molar-refractivity contribution < 1.29 is 14.7 Å². The van der Waals surface area contributed by atoms with Gasteiger partial charge in [0.25, 0.3) is 5.91 Å². The number of hydrogen-bond acceptors (Lipinski definition) is 4. The Hall–Kier alpha value is -1.95. The van der Waals surface area contributed by atoms with Gasteiger partial charge in [-0.2, -0.15) is 0 Å². The van der Waals surface area contributed by atoms with Crippen molar-refractivity contribution in [2.75, 3.05) is 26.2 Å². The molecule has 0 spiro atoms. The summed E-state index contributed by atoms with van der Waals surface area (Å²) in [5.74, 6) is 0.330. The highest BCUT2D eigenvalue weighted by Gasteiger charge is 2.47. The van der Waals surface area contributed by atoms with Crippen molar-refractivity contribution in [2.24, 2.45) is 11.8 Å². The fourth-order valence-electron chi connectivity index (χ4n) is 4.80. The molecule has 6 nitrogen and oxygen atoms in total. The van der Waals surface area contributed by atoms with E-state index in [9.17, 15) is 14.7 Å². The first kappa shape index (κ1) is 17.5. The zero-order valence-electron chi connectivity index (χ0n) is 15.1. The lowest BCUT2D eigenvalue weighted by atomic mass is 9.75. The van der Waals surface area contributed by atoms with Crippen LogP contribution >= 0.6 is 0 Å². The van der Waals surface area contributed by atoms with Gasteiger partial charge in [0.1, 0.15) is 0 Å². The molecule has 1 N–H and O–H groups in total. The van der Waals surface area contributed by atoms with E-state index < -0.39 is 5.60 Å². The van der Waals surface area contributed by atoms with Crippen molar-refractivity contribution in [3.05, 3.63) is 30.1 Å². The summed E-state index contributed by atoms with van der Waals surface area (Å²) in [4.78, 5) is 33.2. The van der Waals surface area contributed by atoms with Crippen molar-refractivity contribution in [2.45, 2.75) is 44.1 Å². The maximum atomic E-state index is 12.8. The Balaban J connectivity index is 1.44. The largest absolute Gasteiger partial charge is 0.389 e. The second kappa shape index (κ2) is 6.99. The monoisotopic (exact) mass is 357 g/mol. The topological polar surface area (TPSA) is 73.7 Å². The number of amides is 2. The first-order valence-corrected chi connectivity index (χ1v) is 9.77. The SMILES string of the molecule is O=C(c1ccncc1)N1CC[C@@]2(O)CCN(C(=O)C3CCCC3)C[C@H]2C1. The van der Waals surface area contributed by atoms with Gasteiger partial charge in [0.2, 0.25) is 5.91 Å². The lowest BCUT2D eigenvalue weighted by Gasteiger charge is -2.50. The summed E-state index contributed by atoms with van der Waals surface area (Å²) in [7, 11) is 0. The molecule has 140 valence electrons. The summed E-state index contributed by atoms with van der Waals surface area (Å²) in [6.07, 6.45) is 8.73. The van der Waals surface area contributed by atoms with E-state index in [1.165, 1.54) is 0 Å². The minimum atomic E-state index is -0.749. The lowest BCUT2D eigenvalue weighted by molar-refractivity contribution is -0.148. The van der Waals surface area contributed by atoms with Crippen LogP contribution in [0.2, 0.25) is 0 Å². The lowest BCUT2D eigenvalue weighted by Crippen LogP contribution is -2.61. The number of pyridine rings is 1. The molecule has 1 aromatic heterocycles. The van der Waals surface area contributed by atoms with Crippen molar-refractivity contribution in [1.82, 2.24) is 14.8 Å². The molecule has 1 aliphatic carbocycles. The molecule has 0 unspecified atom stereocenters. The molecule has 0 bridgehead atoms. The Labute approximate surface area is 154 Å². The highest BCUT2D eigenvalue weighted by molar-refractivity contribution is 5.94. The number of carbonyl (C=O) groups is 2. The summed E-state index contributed by atoms with van der Waals surface area (Å²) < 4.78 is 0. The summed E-state index contributed by atoms with van der Waals surface area (Å²) >= 11 is 0. The van der Waals surface area contributed by atoms with E-state index in [1.54, 1.807) is 24.5 Å². The van der Waals surface area contributed by atoms with Crippen LogP contribution in [0.15, 0.2) is 24.5 Å². The van der Waals surface area contributed by atoms with Gasteiger partial charge in [-0.25, -0.2) is 0 Å². The summed E-state index contributed by atoms with van der Waals surface area (Å²) in [6, 6.07) is 3.44. The number of likely N-dealkylation sites (tertiary alicyclic amines) is 2. The average Bonchev–Trinajstić information content (AvgIpc) is 3.21. The van der Waals surface area contributed by atoms with E-state index in [0.29, 0.717) is 44.6 Å². The molecule has 0 aromatic carbocycles. The van der Waals surface area contributed by atoms with Gasteiger partial charge in [-0.1, -0.05) is 12.8 Å². The Morgan fingerprint density at radius 2 is 1.65 bits per heavy atom. The highest BCUT2D eigenvalue weighted by atomic mass is 16.3. The van der Waals surface area contributed by atoms with E-state index in [4.69, 9.17) is 0 Å². The molecular formula is C20H27N3O3. The smallest absolute Gasteiger partial charge is 0.253 e. The van der Waals surface area contributed by atoms with Crippen LogP contribution in [-0.4, -0.2) is 63.5 Å². The number of aromatic nitrogens is 1. The first-order valence-electron chi connectivity index (χ1n) is 9.77. The number of fused-ring (bicyclic) bond motifs is 1. The molecule has 4 rings (SSSR count). The van der Waals surface area contributed by atoms with Crippen LogP contribution in [0.1, 0.15) is 48.9 Å². The first-order chi connectivity index (χ1) is 12.6. The molecule has 1 aromatic rings. The predicted molar refractivity (Wildman–Crippen MR) is 96.4 cm³/mol. The van der Waals surface area contributed by atoms with Crippen LogP contribution in [0, 0.1) is 11.8 Å². The van der Waals surface area contributed by atoms with Crippen LogP contribution in [0.4, 0.5) is 0 Å². The maximum absolute atomic E-state index is 12.8. The minimum Gasteiger partial charge on any atom is -0.389 e. The molecule has 1 saturated carbocycles. The van der Waals surface area contributed by atoms with Crippen molar-refractivity contribution >= 4 is 11.8 Å². The molecule has 3 heterocycles. The third-order valence-corrected chi connectivity index (χ3v) is 6.50. The number of rotatable bonds is 2. The van der Waals surface area contributed by atoms with Crippen LogP contribution in [0.25, 0.3) is 0 Å². The Morgan fingerprint density at radius 3 is 2.35 bits per heavy atom. The van der Waals surface area contributed by atoms with Gasteiger partial charge >= 0.3 is 0 Å². The third-order valence-electron chi connectivity index (χ3n) is 6.50. The molecule has 3 aliphatic rings. The zero-order valence-corrected chi connectivity index (χ0v) is 15.1. The second-order valence-corrected chi connectivity index (χ2v) is 8.05. The van der Waals surface area contributed by atoms with Gasteiger partial charge in [-0.3, -0.25) is 14.6 Å². The maximum Gasteiger partial charge on any atom is 0.253 e. The van der Waals surface area contributed by atoms with E-state index in [0.717, 1.165) is 25.7 Å². The van der Waals surface area contributed by atoms with E-state index in [1.807, 2.05) is 9.80 Å². The van der Waals surface area contributed by atoms with Crippen molar-refractivity contribution in [3.8, 4) is 0 Å². The van der Waals surface area contributed by atoms with Crippen molar-refractivity contribution in [1.29, 1.82) is 0 Å². The van der Waals surface area contributed by atoms with Crippen LogP contribution in [0.3, 0.4) is 0 Å². The number of aliphatic hydroxyl groups is 1. The van der Waals surface area contributed by atoms with Gasteiger partial charge in [0, 0.05) is 56.0 Å². The fourth-order valence-corrected chi connectivity index (χ4v) is 4.80. The van der Waals surface area contributed by atoms with Crippen LogP contribution in [-0.2, 0) is 4.79 Å². The summed E-state index contributed by atoms with van der Waals surface area (Å²) in [5.41, 5.74) is -0.123. The van der Waals surface area contributed by atoms with Gasteiger partial charge in [-0.05, 0) is 37.8 Å². The zero-order chi connectivity index (χ0) is 18.1. The van der Waals surface area contributed by atoms with E-state index in [2.05, 4.69) is 4.98 Å². The number of nitrogens with zero attached hydrogens (tertiary/aromatic N) is 3. The van der Waals surface area contributed by atoms with Crippen LogP contribution in [0.5, 0.6) is 0 Å². The normalized spacial score (nSPS) is 29.5. The van der Waals surface area contributed by atoms with Crippen LogP contribution < -0.4 is 0 Å². The molecular weight excluding hydrogens is 330 g/mol. The van der Waals surface area contributed by atoms with Gasteiger partial charge in [0.15, 0.2) is 0 Å². The molecule has 2 atom stereocenters. The van der Waals surface area contributed by atoms with Gasteiger partial charge < -0.3 is 14.9 Å². The Morgan fingerprint density at radius 1 is 1.04 bits per heavy atom. The Kier molecular flexibility index (Phi) is 4.69.